The molecule has 0 radical (unpaired) electrons. The lowest BCUT2D eigenvalue weighted by Gasteiger charge is -2.36. The molecule has 1 aliphatic rings. The zero-order valence-corrected chi connectivity index (χ0v) is 16.1. The largest absolute Gasteiger partial charge is 0.496 e. The minimum absolute atomic E-state index is 0. The fourth-order valence-corrected chi connectivity index (χ4v) is 3.03. The summed E-state index contributed by atoms with van der Waals surface area (Å²) in [6, 6.07) is 2.69. The molecular formula is C16H25Cl2F3N2O2. The van der Waals surface area contributed by atoms with Crippen molar-refractivity contribution in [3.05, 3.63) is 23.3 Å². The van der Waals surface area contributed by atoms with Gasteiger partial charge in [-0.1, -0.05) is 0 Å². The Morgan fingerprint density at radius 1 is 1.08 bits per heavy atom. The molecule has 9 heteroatoms. The molecule has 0 aromatic heterocycles. The van der Waals surface area contributed by atoms with E-state index in [9.17, 15) is 13.2 Å². The van der Waals surface area contributed by atoms with Gasteiger partial charge in [0.25, 0.3) is 0 Å². The summed E-state index contributed by atoms with van der Waals surface area (Å²) in [5.41, 5.74) is 1.35. The summed E-state index contributed by atoms with van der Waals surface area (Å²) in [6.07, 6.45) is -5.20. The van der Waals surface area contributed by atoms with E-state index in [2.05, 4.69) is 5.32 Å². The number of hydrogen-bond donors (Lipinski definition) is 1. The number of ether oxygens (including phenoxy) is 2. The van der Waals surface area contributed by atoms with Gasteiger partial charge in [-0.2, -0.15) is 13.2 Å². The molecule has 1 aromatic rings. The van der Waals surface area contributed by atoms with Gasteiger partial charge in [-0.15, -0.1) is 24.8 Å². The number of aryl methyl sites for hydroxylation is 1. The SMILES string of the molecule is COc1cc(C)cc(OC)c1[C@H](CC(F)(F)F)N1CCNCC1.Cl.Cl. The molecule has 1 saturated heterocycles. The first-order valence-corrected chi connectivity index (χ1v) is 7.59. The van der Waals surface area contributed by atoms with E-state index in [1.807, 2.05) is 11.8 Å². The van der Waals surface area contributed by atoms with Crippen LogP contribution in [0.15, 0.2) is 12.1 Å². The second-order valence-electron chi connectivity index (χ2n) is 5.70. The topological polar surface area (TPSA) is 33.7 Å². The highest BCUT2D eigenvalue weighted by atomic mass is 35.5. The Morgan fingerprint density at radius 3 is 1.96 bits per heavy atom. The Hall–Kier alpha value is -0.890. The zero-order valence-electron chi connectivity index (χ0n) is 14.5. The predicted octanol–water partition coefficient (Wildman–Crippen LogP) is 3.75. The second-order valence-corrected chi connectivity index (χ2v) is 5.70. The summed E-state index contributed by atoms with van der Waals surface area (Å²) in [4.78, 5) is 1.85. The van der Waals surface area contributed by atoms with Crippen molar-refractivity contribution in [2.75, 3.05) is 40.4 Å². The maximum Gasteiger partial charge on any atom is 0.390 e. The van der Waals surface area contributed by atoms with E-state index < -0.39 is 18.6 Å². The number of rotatable bonds is 5. The molecule has 1 aromatic carbocycles. The highest BCUT2D eigenvalue weighted by molar-refractivity contribution is 5.85. The third kappa shape index (κ3) is 6.40. The smallest absolute Gasteiger partial charge is 0.390 e. The molecule has 0 unspecified atom stereocenters. The predicted molar refractivity (Wildman–Crippen MR) is 96.6 cm³/mol. The first-order valence-electron chi connectivity index (χ1n) is 7.59. The quantitative estimate of drug-likeness (QED) is 0.809. The van der Waals surface area contributed by atoms with Gasteiger partial charge in [0.15, 0.2) is 0 Å². The Balaban J connectivity index is 0.00000288. The molecule has 1 heterocycles. The minimum atomic E-state index is -4.27. The standard InChI is InChI=1S/C16H23F3N2O2.2ClH/c1-11-8-13(22-2)15(14(9-11)23-3)12(10-16(17,18)19)21-6-4-20-5-7-21;;/h8-9,12,20H,4-7,10H2,1-3H3;2*1H/t12-;;/m0../s1. The summed E-state index contributed by atoms with van der Waals surface area (Å²) < 4.78 is 50.2. The number of nitrogens with zero attached hydrogens (tertiary/aromatic N) is 1. The van der Waals surface area contributed by atoms with Crippen molar-refractivity contribution in [3.63, 3.8) is 0 Å². The molecule has 0 bridgehead atoms. The third-order valence-corrected chi connectivity index (χ3v) is 4.04. The molecule has 0 spiro atoms. The second kappa shape index (κ2) is 10.3. The molecular weight excluding hydrogens is 380 g/mol. The summed E-state index contributed by atoms with van der Waals surface area (Å²) >= 11 is 0. The van der Waals surface area contributed by atoms with Crippen LogP contribution in [0.2, 0.25) is 0 Å². The van der Waals surface area contributed by atoms with Crippen LogP contribution in [-0.4, -0.2) is 51.5 Å². The van der Waals surface area contributed by atoms with Crippen molar-refractivity contribution in [3.8, 4) is 11.5 Å². The van der Waals surface area contributed by atoms with Gasteiger partial charge < -0.3 is 14.8 Å². The van der Waals surface area contributed by atoms with Crippen LogP contribution in [0.4, 0.5) is 13.2 Å². The monoisotopic (exact) mass is 404 g/mol. The lowest BCUT2D eigenvalue weighted by Crippen LogP contribution is -2.46. The Labute approximate surface area is 158 Å². The van der Waals surface area contributed by atoms with Crippen molar-refractivity contribution < 1.29 is 22.6 Å². The molecule has 0 amide bonds. The van der Waals surface area contributed by atoms with Gasteiger partial charge in [-0.25, -0.2) is 0 Å². The molecule has 2 rings (SSSR count). The number of benzene rings is 1. The van der Waals surface area contributed by atoms with Crippen LogP contribution in [0.5, 0.6) is 11.5 Å². The van der Waals surface area contributed by atoms with Gasteiger partial charge in [0, 0.05) is 26.2 Å². The average Bonchev–Trinajstić information content (AvgIpc) is 2.52. The maximum atomic E-state index is 13.2. The lowest BCUT2D eigenvalue weighted by atomic mass is 9.97. The molecule has 146 valence electrons. The number of piperazine rings is 1. The van der Waals surface area contributed by atoms with Gasteiger partial charge in [-0.3, -0.25) is 4.90 Å². The van der Waals surface area contributed by atoms with Crippen molar-refractivity contribution in [2.45, 2.75) is 25.6 Å². The van der Waals surface area contributed by atoms with Crippen LogP contribution in [0.25, 0.3) is 0 Å². The van der Waals surface area contributed by atoms with Gasteiger partial charge in [0.05, 0.1) is 32.2 Å². The summed E-state index contributed by atoms with van der Waals surface area (Å²) in [7, 11) is 2.94. The van der Waals surface area contributed by atoms with Crippen molar-refractivity contribution >= 4 is 24.8 Å². The number of hydrogen-bond acceptors (Lipinski definition) is 4. The van der Waals surface area contributed by atoms with Crippen molar-refractivity contribution in [1.29, 1.82) is 0 Å². The van der Waals surface area contributed by atoms with Gasteiger partial charge in [-0.05, 0) is 24.6 Å². The van der Waals surface area contributed by atoms with Crippen molar-refractivity contribution in [1.82, 2.24) is 10.2 Å². The molecule has 25 heavy (non-hydrogen) atoms. The maximum absolute atomic E-state index is 13.2. The van der Waals surface area contributed by atoms with E-state index in [1.54, 1.807) is 12.1 Å². The van der Waals surface area contributed by atoms with Crippen LogP contribution < -0.4 is 14.8 Å². The van der Waals surface area contributed by atoms with Gasteiger partial charge in [0.2, 0.25) is 0 Å². The van der Waals surface area contributed by atoms with E-state index in [-0.39, 0.29) is 24.8 Å². The summed E-state index contributed by atoms with van der Waals surface area (Å²) in [5.74, 6) is 0.879. The number of alkyl halides is 3. The molecule has 1 N–H and O–H groups in total. The fourth-order valence-electron chi connectivity index (χ4n) is 3.03. The van der Waals surface area contributed by atoms with Crippen LogP contribution >= 0.6 is 24.8 Å². The first kappa shape index (κ1) is 24.1. The van der Waals surface area contributed by atoms with E-state index in [0.29, 0.717) is 43.2 Å². The molecule has 1 aliphatic heterocycles. The Bertz CT molecular complexity index is 514. The molecule has 0 saturated carbocycles. The lowest BCUT2D eigenvalue weighted by molar-refractivity contribution is -0.149. The molecule has 1 atom stereocenters. The average molecular weight is 405 g/mol. The molecule has 4 nitrogen and oxygen atoms in total. The van der Waals surface area contributed by atoms with E-state index >= 15 is 0 Å². The number of halogens is 5. The van der Waals surface area contributed by atoms with Crippen LogP contribution in [0.1, 0.15) is 23.6 Å². The zero-order chi connectivity index (χ0) is 17.0. The summed E-state index contributed by atoms with van der Waals surface area (Å²) in [6.45, 7) is 4.32. The normalized spacial score (nSPS) is 16.4. The van der Waals surface area contributed by atoms with Crippen LogP contribution in [-0.2, 0) is 0 Å². The fraction of sp³-hybridized carbons (Fsp3) is 0.625. The highest BCUT2D eigenvalue weighted by Gasteiger charge is 2.38. The number of nitrogens with one attached hydrogen (secondary N) is 1. The van der Waals surface area contributed by atoms with Gasteiger partial charge >= 0.3 is 6.18 Å². The van der Waals surface area contributed by atoms with E-state index in [4.69, 9.17) is 9.47 Å². The Morgan fingerprint density at radius 2 is 1.56 bits per heavy atom. The van der Waals surface area contributed by atoms with Crippen LogP contribution in [0.3, 0.4) is 0 Å². The summed E-state index contributed by atoms with van der Waals surface area (Å²) in [5, 5.41) is 3.16. The van der Waals surface area contributed by atoms with Crippen molar-refractivity contribution in [2.24, 2.45) is 0 Å². The number of methoxy groups -OCH3 is 2. The van der Waals surface area contributed by atoms with Crippen LogP contribution in [0, 0.1) is 6.92 Å². The highest BCUT2D eigenvalue weighted by Crippen LogP contribution is 2.43. The Kier molecular flexibility index (Phi) is 9.94. The minimum Gasteiger partial charge on any atom is -0.496 e. The first-order chi connectivity index (χ1) is 10.9. The van der Waals surface area contributed by atoms with Gasteiger partial charge in [0.1, 0.15) is 11.5 Å². The van der Waals surface area contributed by atoms with E-state index in [0.717, 1.165) is 5.56 Å². The molecule has 0 aliphatic carbocycles. The van der Waals surface area contributed by atoms with E-state index in [1.165, 1.54) is 14.2 Å². The third-order valence-electron chi connectivity index (χ3n) is 4.04. The molecule has 1 fully saturated rings.